The minimum atomic E-state index is -0.0200. The third kappa shape index (κ3) is 6.01. The van der Waals surface area contributed by atoms with Crippen LogP contribution in [0.25, 0.3) is 0 Å². The summed E-state index contributed by atoms with van der Waals surface area (Å²) < 4.78 is 5.36. The third-order valence-corrected chi connectivity index (χ3v) is 4.68. The molecule has 0 saturated carbocycles. The number of ether oxygens (including phenoxy) is 1. The van der Waals surface area contributed by atoms with Crippen LogP contribution in [0.2, 0.25) is 0 Å². The van der Waals surface area contributed by atoms with E-state index in [1.165, 1.54) is 5.56 Å². The van der Waals surface area contributed by atoms with Crippen LogP contribution in [0.15, 0.2) is 43.0 Å². The van der Waals surface area contributed by atoms with E-state index in [1.54, 1.807) is 29.7 Å². The smallest absolute Gasteiger partial charge is 0.255 e. The van der Waals surface area contributed by atoms with Crippen molar-refractivity contribution in [3.63, 3.8) is 0 Å². The van der Waals surface area contributed by atoms with Crippen LogP contribution in [0.4, 0.5) is 5.69 Å². The van der Waals surface area contributed by atoms with Crippen LogP contribution in [-0.4, -0.2) is 78.7 Å². The van der Waals surface area contributed by atoms with Crippen LogP contribution in [0.1, 0.15) is 15.9 Å². The van der Waals surface area contributed by atoms with Gasteiger partial charge in [0, 0.05) is 64.6 Å². The summed E-state index contributed by atoms with van der Waals surface area (Å²) in [6.07, 6.45) is 7.72. The zero-order valence-corrected chi connectivity index (χ0v) is 15.8. The quantitative estimate of drug-likeness (QED) is 0.761. The Kier molecular flexibility index (Phi) is 7.12. The number of amides is 1. The lowest BCUT2D eigenvalue weighted by molar-refractivity contribution is 0.0398. The summed E-state index contributed by atoms with van der Waals surface area (Å²) in [6, 6.07) is 5.81. The molecule has 1 aliphatic heterocycles. The minimum Gasteiger partial charge on any atom is -0.382 e. The van der Waals surface area contributed by atoms with Gasteiger partial charge < -0.3 is 15.0 Å². The van der Waals surface area contributed by atoms with Crippen molar-refractivity contribution in [2.75, 3.05) is 58.3 Å². The van der Waals surface area contributed by atoms with Crippen molar-refractivity contribution in [1.29, 1.82) is 0 Å². The first-order valence-corrected chi connectivity index (χ1v) is 9.36. The number of likely N-dealkylation sites (N-methyl/N-ethyl adjacent to an activating group) is 1. The highest BCUT2D eigenvalue weighted by Gasteiger charge is 2.13. The largest absolute Gasteiger partial charge is 0.382 e. The van der Waals surface area contributed by atoms with Crippen molar-refractivity contribution < 1.29 is 9.53 Å². The van der Waals surface area contributed by atoms with Crippen LogP contribution in [0.3, 0.4) is 0 Å². The van der Waals surface area contributed by atoms with E-state index < -0.39 is 0 Å². The van der Waals surface area contributed by atoms with Gasteiger partial charge in [-0.15, -0.1) is 0 Å². The Bertz CT molecular complexity index is 719. The number of morpholine rings is 1. The van der Waals surface area contributed by atoms with E-state index in [2.05, 4.69) is 20.2 Å². The van der Waals surface area contributed by atoms with E-state index in [0.29, 0.717) is 12.1 Å². The number of aromatic nitrogens is 2. The molecule has 0 aromatic carbocycles. The molecule has 3 heterocycles. The van der Waals surface area contributed by atoms with Gasteiger partial charge >= 0.3 is 0 Å². The number of carbonyl (C=O) groups is 1. The molecule has 1 amide bonds. The normalized spacial score (nSPS) is 14.7. The molecule has 3 rings (SSSR count). The van der Waals surface area contributed by atoms with Crippen molar-refractivity contribution in [2.45, 2.75) is 6.42 Å². The maximum absolute atomic E-state index is 12.7. The van der Waals surface area contributed by atoms with E-state index in [1.807, 2.05) is 25.2 Å². The van der Waals surface area contributed by atoms with Gasteiger partial charge in [-0.05, 0) is 30.2 Å². The number of hydrogen-bond donors (Lipinski definition) is 1. The molecule has 0 radical (unpaired) electrons. The van der Waals surface area contributed by atoms with Crippen molar-refractivity contribution in [3.05, 3.63) is 54.1 Å². The van der Waals surface area contributed by atoms with Crippen molar-refractivity contribution in [3.8, 4) is 0 Å². The van der Waals surface area contributed by atoms with E-state index in [-0.39, 0.29) is 5.91 Å². The van der Waals surface area contributed by atoms with Crippen molar-refractivity contribution in [2.24, 2.45) is 0 Å². The molecular formula is C20H27N5O2. The zero-order valence-electron chi connectivity index (χ0n) is 15.8. The number of anilines is 1. The molecule has 1 fully saturated rings. The predicted octanol–water partition coefficient (Wildman–Crippen LogP) is 1.54. The molecule has 27 heavy (non-hydrogen) atoms. The highest BCUT2D eigenvalue weighted by atomic mass is 16.5. The fraction of sp³-hybridized carbons (Fsp3) is 0.450. The molecule has 2 aromatic rings. The Balaban J connectivity index is 1.48. The summed E-state index contributed by atoms with van der Waals surface area (Å²) >= 11 is 0. The third-order valence-electron chi connectivity index (χ3n) is 4.68. The maximum Gasteiger partial charge on any atom is 0.255 e. The number of pyridine rings is 2. The van der Waals surface area contributed by atoms with Gasteiger partial charge in [-0.1, -0.05) is 0 Å². The average Bonchev–Trinajstić information content (AvgIpc) is 2.73. The molecule has 0 atom stereocenters. The van der Waals surface area contributed by atoms with Gasteiger partial charge in [-0.2, -0.15) is 0 Å². The van der Waals surface area contributed by atoms with E-state index in [9.17, 15) is 4.79 Å². The summed E-state index contributed by atoms with van der Waals surface area (Å²) in [5.41, 5.74) is 2.64. The summed E-state index contributed by atoms with van der Waals surface area (Å²) in [4.78, 5) is 25.0. The molecule has 0 aliphatic carbocycles. The Hall–Kier alpha value is -2.51. The molecule has 1 N–H and O–H groups in total. The van der Waals surface area contributed by atoms with Crippen LogP contribution in [0.5, 0.6) is 0 Å². The van der Waals surface area contributed by atoms with E-state index in [4.69, 9.17) is 4.74 Å². The topological polar surface area (TPSA) is 70.6 Å². The highest BCUT2D eigenvalue weighted by molar-refractivity contribution is 5.94. The lowest BCUT2D eigenvalue weighted by Gasteiger charge is -2.26. The molecule has 7 heteroatoms. The Morgan fingerprint density at radius 2 is 2.00 bits per heavy atom. The average molecular weight is 369 g/mol. The first kappa shape index (κ1) is 19.3. The van der Waals surface area contributed by atoms with Gasteiger partial charge in [0.2, 0.25) is 0 Å². The molecule has 1 aliphatic rings. The van der Waals surface area contributed by atoms with Gasteiger partial charge in [-0.3, -0.25) is 19.7 Å². The van der Waals surface area contributed by atoms with Gasteiger partial charge in [0.1, 0.15) is 0 Å². The van der Waals surface area contributed by atoms with Crippen molar-refractivity contribution >= 4 is 11.6 Å². The molecule has 1 saturated heterocycles. The van der Waals surface area contributed by atoms with Crippen LogP contribution in [0, 0.1) is 0 Å². The van der Waals surface area contributed by atoms with Gasteiger partial charge in [0.15, 0.2) is 0 Å². The van der Waals surface area contributed by atoms with E-state index >= 15 is 0 Å². The molecule has 0 unspecified atom stereocenters. The summed E-state index contributed by atoms with van der Waals surface area (Å²) in [5.74, 6) is -0.0200. The minimum absolute atomic E-state index is 0.0200. The van der Waals surface area contributed by atoms with Crippen LogP contribution < -0.4 is 5.32 Å². The highest BCUT2D eigenvalue weighted by Crippen LogP contribution is 2.11. The lowest BCUT2D eigenvalue weighted by atomic mass is 10.2. The standard InChI is InChI=1S/C20H27N5O2/c1-24(8-4-17-2-5-21-6-3-17)20(26)18-14-19(16-22-15-18)23-7-9-25-10-12-27-13-11-25/h2-3,5-6,14-16,23H,4,7-13H2,1H3. The number of nitrogens with zero attached hydrogens (tertiary/aromatic N) is 4. The van der Waals surface area contributed by atoms with Crippen LogP contribution in [-0.2, 0) is 11.2 Å². The SMILES string of the molecule is CN(CCc1ccncc1)C(=O)c1cncc(NCCN2CCOCC2)c1. The molecule has 0 spiro atoms. The number of hydrogen-bond acceptors (Lipinski definition) is 6. The maximum atomic E-state index is 12.7. The second-order valence-electron chi connectivity index (χ2n) is 6.68. The molecule has 7 nitrogen and oxygen atoms in total. The zero-order chi connectivity index (χ0) is 18.9. The Labute approximate surface area is 160 Å². The van der Waals surface area contributed by atoms with Gasteiger partial charge in [0.05, 0.1) is 24.5 Å². The van der Waals surface area contributed by atoms with Crippen molar-refractivity contribution in [1.82, 2.24) is 19.8 Å². The Morgan fingerprint density at radius 1 is 1.22 bits per heavy atom. The summed E-state index contributed by atoms with van der Waals surface area (Å²) in [7, 11) is 1.82. The van der Waals surface area contributed by atoms with Crippen LogP contribution >= 0.6 is 0 Å². The summed E-state index contributed by atoms with van der Waals surface area (Å²) in [5, 5.41) is 3.36. The molecular weight excluding hydrogens is 342 g/mol. The second kappa shape index (κ2) is 9.99. The molecule has 2 aromatic heterocycles. The monoisotopic (exact) mass is 369 g/mol. The fourth-order valence-electron chi connectivity index (χ4n) is 3.00. The molecule has 0 bridgehead atoms. The number of rotatable bonds is 8. The number of carbonyl (C=O) groups excluding carboxylic acids is 1. The van der Waals surface area contributed by atoms with Gasteiger partial charge in [0.25, 0.3) is 5.91 Å². The van der Waals surface area contributed by atoms with E-state index in [0.717, 1.165) is 51.5 Å². The first-order valence-electron chi connectivity index (χ1n) is 9.36. The first-order chi connectivity index (χ1) is 13.2. The fourth-order valence-corrected chi connectivity index (χ4v) is 3.00. The number of nitrogens with one attached hydrogen (secondary N) is 1. The predicted molar refractivity (Wildman–Crippen MR) is 105 cm³/mol. The lowest BCUT2D eigenvalue weighted by Crippen LogP contribution is -2.39. The second-order valence-corrected chi connectivity index (χ2v) is 6.68. The Morgan fingerprint density at radius 3 is 2.78 bits per heavy atom. The summed E-state index contributed by atoms with van der Waals surface area (Å²) in [6.45, 7) is 5.97. The van der Waals surface area contributed by atoms with Gasteiger partial charge in [-0.25, -0.2) is 0 Å². The molecule has 144 valence electrons.